The van der Waals surface area contributed by atoms with E-state index in [1.165, 1.54) is 13.3 Å². The second-order valence-electron chi connectivity index (χ2n) is 3.57. The molecule has 0 aliphatic rings. The van der Waals surface area contributed by atoms with E-state index in [1.54, 1.807) is 12.1 Å². The Balaban J connectivity index is 2.32. The first kappa shape index (κ1) is 15.2. The molecular formula is C11H14N4O5. The third kappa shape index (κ3) is 5.67. The van der Waals surface area contributed by atoms with Crippen molar-refractivity contribution < 1.29 is 24.2 Å². The van der Waals surface area contributed by atoms with Crippen LogP contribution in [0.15, 0.2) is 18.3 Å². The Morgan fingerprint density at radius 2 is 2.00 bits per heavy atom. The molecule has 3 amide bonds. The first-order valence-corrected chi connectivity index (χ1v) is 5.54. The van der Waals surface area contributed by atoms with Gasteiger partial charge in [-0.3, -0.25) is 9.59 Å². The van der Waals surface area contributed by atoms with Crippen LogP contribution in [0.2, 0.25) is 0 Å². The third-order valence-electron chi connectivity index (χ3n) is 2.05. The highest BCUT2D eigenvalue weighted by molar-refractivity contribution is 5.92. The fourth-order valence-electron chi connectivity index (χ4n) is 1.15. The molecule has 0 aliphatic heterocycles. The van der Waals surface area contributed by atoms with E-state index in [4.69, 9.17) is 9.84 Å². The standard InChI is InChI=1S/C11H14N4O5/c1-20-9-3-2-7(4-13-9)15-11(19)14-5-8(16)12-6-10(17)18/h2-4H,5-6H2,1H3,(H,12,16)(H,17,18)(H2,14,15,19). The van der Waals surface area contributed by atoms with Crippen LogP contribution in [-0.2, 0) is 9.59 Å². The summed E-state index contributed by atoms with van der Waals surface area (Å²) in [5.41, 5.74) is 0.425. The van der Waals surface area contributed by atoms with Gasteiger partial charge in [-0.2, -0.15) is 0 Å². The van der Waals surface area contributed by atoms with E-state index in [-0.39, 0.29) is 6.54 Å². The number of hydrogen-bond donors (Lipinski definition) is 4. The van der Waals surface area contributed by atoms with Crippen molar-refractivity contribution in [3.8, 4) is 5.88 Å². The smallest absolute Gasteiger partial charge is 0.322 e. The van der Waals surface area contributed by atoms with Crippen molar-refractivity contribution in [2.24, 2.45) is 0 Å². The van der Waals surface area contributed by atoms with E-state index >= 15 is 0 Å². The van der Waals surface area contributed by atoms with Gasteiger partial charge in [-0.05, 0) is 6.07 Å². The largest absolute Gasteiger partial charge is 0.481 e. The van der Waals surface area contributed by atoms with Crippen LogP contribution >= 0.6 is 0 Å². The minimum absolute atomic E-state index is 0.331. The summed E-state index contributed by atoms with van der Waals surface area (Å²) >= 11 is 0. The summed E-state index contributed by atoms with van der Waals surface area (Å²) in [6.07, 6.45) is 1.39. The van der Waals surface area contributed by atoms with Gasteiger partial charge in [0.15, 0.2) is 0 Å². The first-order valence-electron chi connectivity index (χ1n) is 5.54. The highest BCUT2D eigenvalue weighted by Crippen LogP contribution is 2.10. The van der Waals surface area contributed by atoms with Gasteiger partial charge in [-0.1, -0.05) is 0 Å². The molecule has 20 heavy (non-hydrogen) atoms. The zero-order valence-corrected chi connectivity index (χ0v) is 10.7. The fraction of sp³-hybridized carbons (Fsp3) is 0.273. The molecule has 108 valence electrons. The highest BCUT2D eigenvalue weighted by atomic mass is 16.5. The van der Waals surface area contributed by atoms with Gasteiger partial charge >= 0.3 is 12.0 Å². The Morgan fingerprint density at radius 1 is 1.25 bits per heavy atom. The molecule has 0 atom stereocenters. The molecule has 1 heterocycles. The van der Waals surface area contributed by atoms with E-state index in [0.29, 0.717) is 11.6 Å². The van der Waals surface area contributed by atoms with Crippen LogP contribution in [0.1, 0.15) is 0 Å². The van der Waals surface area contributed by atoms with Crippen molar-refractivity contribution >= 4 is 23.6 Å². The third-order valence-corrected chi connectivity index (χ3v) is 2.05. The summed E-state index contributed by atoms with van der Waals surface area (Å²) in [6, 6.07) is 2.54. The van der Waals surface area contributed by atoms with Gasteiger partial charge in [-0.15, -0.1) is 0 Å². The molecule has 0 aromatic carbocycles. The number of nitrogens with one attached hydrogen (secondary N) is 3. The fourth-order valence-corrected chi connectivity index (χ4v) is 1.15. The normalized spacial score (nSPS) is 9.45. The first-order chi connectivity index (χ1) is 9.51. The average molecular weight is 282 g/mol. The van der Waals surface area contributed by atoms with Crippen LogP contribution < -0.4 is 20.7 Å². The van der Waals surface area contributed by atoms with Crippen molar-refractivity contribution in [2.45, 2.75) is 0 Å². The van der Waals surface area contributed by atoms with Gasteiger partial charge in [-0.25, -0.2) is 9.78 Å². The van der Waals surface area contributed by atoms with Crippen molar-refractivity contribution in [3.63, 3.8) is 0 Å². The Labute approximate surface area is 114 Å². The van der Waals surface area contributed by atoms with Gasteiger partial charge in [0.25, 0.3) is 0 Å². The van der Waals surface area contributed by atoms with E-state index in [1.807, 2.05) is 0 Å². The maximum absolute atomic E-state index is 11.4. The monoisotopic (exact) mass is 282 g/mol. The van der Waals surface area contributed by atoms with Crippen LogP contribution in [0.4, 0.5) is 10.5 Å². The molecule has 9 nitrogen and oxygen atoms in total. The van der Waals surface area contributed by atoms with E-state index < -0.39 is 24.5 Å². The summed E-state index contributed by atoms with van der Waals surface area (Å²) in [5, 5.41) is 15.2. The highest BCUT2D eigenvalue weighted by Gasteiger charge is 2.07. The predicted octanol–water partition coefficient (Wildman–Crippen LogP) is -0.587. The van der Waals surface area contributed by atoms with Crippen LogP contribution in [-0.4, -0.2) is 48.2 Å². The molecule has 1 aromatic heterocycles. The summed E-state index contributed by atoms with van der Waals surface area (Å²) in [5.74, 6) is -1.36. The lowest BCUT2D eigenvalue weighted by Gasteiger charge is -2.07. The van der Waals surface area contributed by atoms with E-state index in [0.717, 1.165) is 0 Å². The number of carbonyl (C=O) groups is 3. The predicted molar refractivity (Wildman–Crippen MR) is 68.5 cm³/mol. The maximum Gasteiger partial charge on any atom is 0.322 e. The summed E-state index contributed by atoms with van der Waals surface area (Å²) in [6.45, 7) is -0.826. The summed E-state index contributed by atoms with van der Waals surface area (Å²) in [7, 11) is 1.47. The Bertz CT molecular complexity index is 488. The Morgan fingerprint density at radius 3 is 2.55 bits per heavy atom. The zero-order valence-electron chi connectivity index (χ0n) is 10.7. The number of amides is 3. The van der Waals surface area contributed by atoms with Crippen molar-refractivity contribution in [3.05, 3.63) is 18.3 Å². The van der Waals surface area contributed by atoms with Gasteiger partial charge < -0.3 is 25.8 Å². The number of ether oxygens (including phenoxy) is 1. The molecule has 0 radical (unpaired) electrons. The minimum Gasteiger partial charge on any atom is -0.481 e. The molecule has 0 saturated heterocycles. The number of urea groups is 1. The number of methoxy groups -OCH3 is 1. The SMILES string of the molecule is COc1ccc(NC(=O)NCC(=O)NCC(=O)O)cn1. The average Bonchev–Trinajstić information content (AvgIpc) is 2.43. The van der Waals surface area contributed by atoms with Gasteiger partial charge in [0.1, 0.15) is 6.54 Å². The number of aliphatic carboxylic acids is 1. The topological polar surface area (TPSA) is 130 Å². The lowest BCUT2D eigenvalue weighted by atomic mass is 10.4. The molecule has 1 aromatic rings. The lowest BCUT2D eigenvalue weighted by Crippen LogP contribution is -2.40. The molecular weight excluding hydrogens is 268 g/mol. The summed E-state index contributed by atoms with van der Waals surface area (Å²) in [4.78, 5) is 36.7. The van der Waals surface area contributed by atoms with E-state index in [9.17, 15) is 14.4 Å². The van der Waals surface area contributed by atoms with Crippen LogP contribution in [0.3, 0.4) is 0 Å². The Hall–Kier alpha value is -2.84. The van der Waals surface area contributed by atoms with Crippen molar-refractivity contribution in [1.29, 1.82) is 0 Å². The van der Waals surface area contributed by atoms with E-state index in [2.05, 4.69) is 20.9 Å². The number of carboxylic acids is 1. The molecule has 0 saturated carbocycles. The second kappa shape index (κ2) is 7.56. The number of aromatic nitrogens is 1. The number of carboxylic acid groups (broad SMARTS) is 1. The second-order valence-corrected chi connectivity index (χ2v) is 3.57. The number of anilines is 1. The van der Waals surface area contributed by atoms with Gasteiger partial charge in [0, 0.05) is 6.07 Å². The number of rotatable bonds is 6. The maximum atomic E-state index is 11.4. The van der Waals surface area contributed by atoms with Crippen molar-refractivity contribution in [2.75, 3.05) is 25.5 Å². The van der Waals surface area contributed by atoms with Crippen LogP contribution in [0, 0.1) is 0 Å². The molecule has 9 heteroatoms. The molecule has 0 fully saturated rings. The van der Waals surface area contributed by atoms with Crippen LogP contribution in [0.5, 0.6) is 5.88 Å². The van der Waals surface area contributed by atoms with Gasteiger partial charge in [0.2, 0.25) is 11.8 Å². The van der Waals surface area contributed by atoms with Crippen LogP contribution in [0.25, 0.3) is 0 Å². The van der Waals surface area contributed by atoms with Crippen molar-refractivity contribution in [1.82, 2.24) is 15.6 Å². The molecule has 0 bridgehead atoms. The Kier molecular flexibility index (Phi) is 5.75. The quantitative estimate of drug-likeness (QED) is 0.552. The number of hydrogen-bond acceptors (Lipinski definition) is 5. The molecule has 4 N–H and O–H groups in total. The van der Waals surface area contributed by atoms with Gasteiger partial charge in [0.05, 0.1) is 25.5 Å². The molecule has 0 aliphatic carbocycles. The number of pyridine rings is 1. The number of nitrogens with zero attached hydrogens (tertiary/aromatic N) is 1. The molecule has 0 unspecified atom stereocenters. The number of carbonyl (C=O) groups excluding carboxylic acids is 2. The summed E-state index contributed by atoms with van der Waals surface area (Å²) < 4.78 is 4.86. The molecule has 0 spiro atoms. The lowest BCUT2D eigenvalue weighted by molar-refractivity contribution is -0.137. The minimum atomic E-state index is -1.16. The molecule has 1 rings (SSSR count). The zero-order chi connectivity index (χ0) is 15.0.